The molecule has 0 aliphatic heterocycles. The van der Waals surface area contributed by atoms with Crippen LogP contribution in [0.2, 0.25) is 0 Å². The van der Waals surface area contributed by atoms with Crippen molar-refractivity contribution in [3.8, 4) is 5.75 Å². The van der Waals surface area contributed by atoms with Crippen LogP contribution in [0.3, 0.4) is 0 Å². The molecule has 2 nitrogen and oxygen atoms in total. The fourth-order valence-corrected chi connectivity index (χ4v) is 4.39. The van der Waals surface area contributed by atoms with Crippen LogP contribution in [0.15, 0.2) is 24.3 Å². The third-order valence-electron chi connectivity index (χ3n) is 4.09. The summed E-state index contributed by atoms with van der Waals surface area (Å²) in [5.41, 5.74) is 1.38. The Hall–Kier alpha value is -0.670. The van der Waals surface area contributed by atoms with Gasteiger partial charge < -0.3 is 10.1 Å². The summed E-state index contributed by atoms with van der Waals surface area (Å²) in [7, 11) is 0. The maximum absolute atomic E-state index is 5.53. The highest BCUT2D eigenvalue weighted by molar-refractivity contribution is 7.99. The normalized spacial score (nSPS) is 17.6. The van der Waals surface area contributed by atoms with E-state index in [0.29, 0.717) is 6.04 Å². The van der Waals surface area contributed by atoms with Crippen LogP contribution in [0.25, 0.3) is 0 Å². The Morgan fingerprint density at radius 3 is 2.48 bits per heavy atom. The van der Waals surface area contributed by atoms with Crippen molar-refractivity contribution >= 4 is 11.8 Å². The van der Waals surface area contributed by atoms with Crippen LogP contribution in [0.1, 0.15) is 57.6 Å². The molecule has 0 heterocycles. The van der Waals surface area contributed by atoms with Crippen LogP contribution in [0, 0.1) is 0 Å². The van der Waals surface area contributed by atoms with Gasteiger partial charge in [-0.05, 0) is 44.0 Å². The van der Waals surface area contributed by atoms with Crippen molar-refractivity contribution in [1.82, 2.24) is 5.32 Å². The molecule has 1 fully saturated rings. The second kappa shape index (κ2) is 9.37. The average molecular weight is 308 g/mol. The van der Waals surface area contributed by atoms with Crippen LogP contribution < -0.4 is 10.1 Å². The highest BCUT2D eigenvalue weighted by atomic mass is 32.2. The summed E-state index contributed by atoms with van der Waals surface area (Å²) in [5.74, 6) is 2.14. The standard InChI is InChI=1S/C18H29NOS/c1-3-19-18(14-21-17-8-6-5-7-9-17)15-10-12-16(13-11-15)20-4-2/h10-13,17-19H,3-9,14H2,1-2H3. The molecule has 0 spiro atoms. The fourth-order valence-electron chi connectivity index (χ4n) is 2.95. The summed E-state index contributed by atoms with van der Waals surface area (Å²) in [6.07, 6.45) is 7.10. The number of thioether (sulfide) groups is 1. The van der Waals surface area contributed by atoms with Crippen molar-refractivity contribution < 1.29 is 4.74 Å². The molecule has 0 radical (unpaired) electrons. The van der Waals surface area contributed by atoms with Crippen LogP contribution in [-0.2, 0) is 0 Å². The molecule has 1 atom stereocenters. The van der Waals surface area contributed by atoms with Crippen molar-refractivity contribution in [2.24, 2.45) is 0 Å². The van der Waals surface area contributed by atoms with Gasteiger partial charge in [0.1, 0.15) is 5.75 Å². The summed E-state index contributed by atoms with van der Waals surface area (Å²) in [5, 5.41) is 4.51. The van der Waals surface area contributed by atoms with E-state index in [1.165, 1.54) is 43.4 Å². The molecule has 2 rings (SSSR count). The lowest BCUT2D eigenvalue weighted by Gasteiger charge is -2.24. The third-order valence-corrected chi connectivity index (χ3v) is 5.56. The van der Waals surface area contributed by atoms with Gasteiger partial charge in [0.2, 0.25) is 0 Å². The average Bonchev–Trinajstić information content (AvgIpc) is 2.54. The van der Waals surface area contributed by atoms with E-state index >= 15 is 0 Å². The molecule has 1 aromatic carbocycles. The quantitative estimate of drug-likeness (QED) is 0.745. The minimum Gasteiger partial charge on any atom is -0.494 e. The Bertz CT molecular complexity index is 387. The third kappa shape index (κ3) is 5.55. The molecular formula is C18H29NOS. The Kier molecular flexibility index (Phi) is 7.45. The Morgan fingerprint density at radius 1 is 1.14 bits per heavy atom. The predicted octanol–water partition coefficient (Wildman–Crippen LogP) is 4.80. The molecule has 0 bridgehead atoms. The van der Waals surface area contributed by atoms with E-state index in [1.54, 1.807) is 0 Å². The second-order valence-electron chi connectivity index (χ2n) is 5.71. The summed E-state index contributed by atoms with van der Waals surface area (Å²) < 4.78 is 5.53. The maximum atomic E-state index is 5.53. The molecule has 1 saturated carbocycles. The Balaban J connectivity index is 1.90. The first-order chi connectivity index (χ1) is 10.3. The van der Waals surface area contributed by atoms with E-state index in [-0.39, 0.29) is 0 Å². The topological polar surface area (TPSA) is 21.3 Å². The smallest absolute Gasteiger partial charge is 0.119 e. The summed E-state index contributed by atoms with van der Waals surface area (Å²) in [6, 6.07) is 9.06. The minimum absolute atomic E-state index is 0.456. The van der Waals surface area contributed by atoms with E-state index in [0.717, 1.165) is 24.2 Å². The predicted molar refractivity (Wildman–Crippen MR) is 93.4 cm³/mol. The lowest BCUT2D eigenvalue weighted by molar-refractivity contribution is 0.340. The molecular weight excluding hydrogens is 278 g/mol. The zero-order valence-electron chi connectivity index (χ0n) is 13.4. The van der Waals surface area contributed by atoms with Crippen molar-refractivity contribution in [3.63, 3.8) is 0 Å². The molecule has 1 aliphatic rings. The first-order valence-electron chi connectivity index (χ1n) is 8.41. The molecule has 3 heteroatoms. The van der Waals surface area contributed by atoms with E-state index in [4.69, 9.17) is 4.74 Å². The lowest BCUT2D eigenvalue weighted by atomic mass is 10.0. The van der Waals surface area contributed by atoms with Crippen molar-refractivity contribution in [2.45, 2.75) is 57.2 Å². The highest BCUT2D eigenvalue weighted by Crippen LogP contribution is 2.31. The minimum atomic E-state index is 0.456. The Labute approximate surface area is 134 Å². The summed E-state index contributed by atoms with van der Waals surface area (Å²) in [6.45, 7) is 5.96. The van der Waals surface area contributed by atoms with Crippen molar-refractivity contribution in [3.05, 3.63) is 29.8 Å². The largest absolute Gasteiger partial charge is 0.494 e. The maximum Gasteiger partial charge on any atom is 0.119 e. The second-order valence-corrected chi connectivity index (χ2v) is 7.04. The van der Waals surface area contributed by atoms with Gasteiger partial charge in [0.15, 0.2) is 0 Å². The van der Waals surface area contributed by atoms with Gasteiger partial charge in [-0.2, -0.15) is 11.8 Å². The van der Waals surface area contributed by atoms with Gasteiger partial charge in [-0.15, -0.1) is 0 Å². The number of ether oxygens (including phenoxy) is 1. The highest BCUT2D eigenvalue weighted by Gasteiger charge is 2.17. The van der Waals surface area contributed by atoms with Crippen molar-refractivity contribution in [2.75, 3.05) is 18.9 Å². The van der Waals surface area contributed by atoms with Gasteiger partial charge in [0.05, 0.1) is 6.61 Å². The molecule has 21 heavy (non-hydrogen) atoms. The van der Waals surface area contributed by atoms with Crippen LogP contribution in [0.4, 0.5) is 0 Å². The number of hydrogen-bond donors (Lipinski definition) is 1. The fraction of sp³-hybridized carbons (Fsp3) is 0.667. The zero-order chi connectivity index (χ0) is 14.9. The zero-order valence-corrected chi connectivity index (χ0v) is 14.3. The summed E-state index contributed by atoms with van der Waals surface area (Å²) in [4.78, 5) is 0. The van der Waals surface area contributed by atoms with Gasteiger partial charge in [-0.25, -0.2) is 0 Å². The van der Waals surface area contributed by atoms with Gasteiger partial charge in [-0.1, -0.05) is 38.3 Å². The number of hydrogen-bond acceptors (Lipinski definition) is 3. The Morgan fingerprint density at radius 2 is 1.86 bits per heavy atom. The van der Waals surface area contributed by atoms with E-state index < -0.39 is 0 Å². The monoisotopic (exact) mass is 307 g/mol. The van der Waals surface area contributed by atoms with Crippen LogP contribution in [0.5, 0.6) is 5.75 Å². The van der Waals surface area contributed by atoms with Gasteiger partial charge in [0, 0.05) is 17.0 Å². The number of nitrogens with one attached hydrogen (secondary N) is 1. The van der Waals surface area contributed by atoms with Crippen LogP contribution >= 0.6 is 11.8 Å². The lowest BCUT2D eigenvalue weighted by Crippen LogP contribution is -2.24. The molecule has 1 N–H and O–H groups in total. The molecule has 0 saturated heterocycles. The van der Waals surface area contributed by atoms with Gasteiger partial charge in [0.25, 0.3) is 0 Å². The molecule has 118 valence electrons. The SMILES string of the molecule is CCNC(CSC1CCCCC1)c1ccc(OCC)cc1. The van der Waals surface area contributed by atoms with Crippen molar-refractivity contribution in [1.29, 1.82) is 0 Å². The molecule has 0 aromatic heterocycles. The van der Waals surface area contributed by atoms with Gasteiger partial charge >= 0.3 is 0 Å². The first-order valence-corrected chi connectivity index (χ1v) is 9.46. The molecule has 0 amide bonds. The summed E-state index contributed by atoms with van der Waals surface area (Å²) >= 11 is 2.16. The molecule has 1 aliphatic carbocycles. The number of rotatable bonds is 8. The van der Waals surface area contributed by atoms with E-state index in [9.17, 15) is 0 Å². The van der Waals surface area contributed by atoms with E-state index in [1.807, 2.05) is 6.92 Å². The molecule has 1 aromatic rings. The number of benzene rings is 1. The molecule has 1 unspecified atom stereocenters. The first kappa shape index (κ1) is 16.7. The van der Waals surface area contributed by atoms with Crippen LogP contribution in [-0.4, -0.2) is 24.2 Å². The van der Waals surface area contributed by atoms with Gasteiger partial charge in [-0.3, -0.25) is 0 Å². The van der Waals surface area contributed by atoms with E-state index in [2.05, 4.69) is 48.3 Å².